The molecule has 1 heterocycles. The van der Waals surface area contributed by atoms with Gasteiger partial charge >= 0.3 is 6.03 Å². The predicted molar refractivity (Wildman–Crippen MR) is 102 cm³/mol. The van der Waals surface area contributed by atoms with Gasteiger partial charge in [-0.05, 0) is 48.4 Å². The number of urea groups is 1. The summed E-state index contributed by atoms with van der Waals surface area (Å²) in [5.41, 5.74) is 8.43. The van der Waals surface area contributed by atoms with Crippen LogP contribution in [0.25, 0.3) is 5.69 Å². The lowest BCUT2D eigenvalue weighted by molar-refractivity contribution is 0.0940. The second-order valence-corrected chi connectivity index (χ2v) is 6.15. The van der Waals surface area contributed by atoms with E-state index in [2.05, 4.69) is 15.7 Å². The van der Waals surface area contributed by atoms with E-state index in [9.17, 15) is 9.59 Å². The summed E-state index contributed by atoms with van der Waals surface area (Å²) in [5, 5.41) is 9.69. The van der Waals surface area contributed by atoms with Crippen LogP contribution in [0, 0.1) is 0 Å². The summed E-state index contributed by atoms with van der Waals surface area (Å²) >= 11 is 0. The zero-order valence-corrected chi connectivity index (χ0v) is 14.9. The predicted octanol–water partition coefficient (Wildman–Crippen LogP) is 2.53. The minimum absolute atomic E-state index is 0.139. The van der Waals surface area contributed by atoms with Crippen molar-refractivity contribution in [2.24, 2.45) is 5.73 Å². The minimum atomic E-state index is -0.579. The molecule has 3 amide bonds. The van der Waals surface area contributed by atoms with Gasteiger partial charge in [0.2, 0.25) is 0 Å². The van der Waals surface area contributed by atoms with Gasteiger partial charge < -0.3 is 16.4 Å². The average Bonchev–Trinajstić information content (AvgIpc) is 3.21. The zero-order chi connectivity index (χ0) is 19.2. The Balaban J connectivity index is 1.60. The highest BCUT2D eigenvalue weighted by Crippen LogP contribution is 2.16. The van der Waals surface area contributed by atoms with Crippen LogP contribution in [-0.2, 0) is 6.54 Å². The van der Waals surface area contributed by atoms with Gasteiger partial charge in [-0.25, -0.2) is 9.48 Å². The van der Waals surface area contributed by atoms with Gasteiger partial charge in [0.25, 0.3) is 5.91 Å². The maximum atomic E-state index is 12.4. The summed E-state index contributed by atoms with van der Waals surface area (Å²) in [6.45, 7) is 2.27. The molecule has 4 N–H and O–H groups in total. The monoisotopic (exact) mass is 363 g/mol. The van der Waals surface area contributed by atoms with Crippen molar-refractivity contribution in [3.05, 3.63) is 83.7 Å². The molecule has 0 aliphatic heterocycles. The zero-order valence-electron chi connectivity index (χ0n) is 14.9. The van der Waals surface area contributed by atoms with Crippen LogP contribution in [0.2, 0.25) is 0 Å². The molecule has 7 nitrogen and oxygen atoms in total. The largest absolute Gasteiger partial charge is 0.352 e. The van der Waals surface area contributed by atoms with E-state index in [1.165, 1.54) is 0 Å². The molecule has 138 valence electrons. The van der Waals surface area contributed by atoms with Crippen LogP contribution in [0.15, 0.2) is 67.0 Å². The summed E-state index contributed by atoms with van der Waals surface area (Å²) in [6, 6.07) is 16.0. The standard InChI is InChI=1S/C20H21N5O2/c1-14(16-7-9-18(10-8-16)25-12-2-11-23-25)24-19(26)17-5-3-15(4-6-17)13-22-20(21)27/h2-12,14H,13H2,1H3,(H,24,26)(H3,21,22,27). The first-order chi connectivity index (χ1) is 13.0. The van der Waals surface area contributed by atoms with E-state index in [0.717, 1.165) is 16.8 Å². The third-order valence-corrected chi connectivity index (χ3v) is 4.19. The number of benzene rings is 2. The molecule has 1 aromatic heterocycles. The van der Waals surface area contributed by atoms with Crippen molar-refractivity contribution >= 4 is 11.9 Å². The second-order valence-electron chi connectivity index (χ2n) is 6.15. The summed E-state index contributed by atoms with van der Waals surface area (Å²) in [5.74, 6) is -0.159. The van der Waals surface area contributed by atoms with Gasteiger partial charge in [-0.15, -0.1) is 0 Å². The van der Waals surface area contributed by atoms with Crippen LogP contribution in [0.1, 0.15) is 34.5 Å². The van der Waals surface area contributed by atoms with Gasteiger partial charge in [0.15, 0.2) is 0 Å². The van der Waals surface area contributed by atoms with E-state index < -0.39 is 6.03 Å². The number of primary amides is 1. The van der Waals surface area contributed by atoms with Crippen LogP contribution < -0.4 is 16.4 Å². The number of carbonyl (C=O) groups is 2. The van der Waals surface area contributed by atoms with E-state index in [1.807, 2.05) is 43.5 Å². The van der Waals surface area contributed by atoms with Crippen molar-refractivity contribution in [3.8, 4) is 5.69 Å². The van der Waals surface area contributed by atoms with Crippen LogP contribution >= 0.6 is 0 Å². The van der Waals surface area contributed by atoms with Crippen molar-refractivity contribution in [2.45, 2.75) is 19.5 Å². The summed E-state index contributed by atoms with van der Waals surface area (Å²) < 4.78 is 1.78. The first-order valence-electron chi connectivity index (χ1n) is 8.56. The smallest absolute Gasteiger partial charge is 0.312 e. The van der Waals surface area contributed by atoms with Crippen molar-refractivity contribution in [1.82, 2.24) is 20.4 Å². The Kier molecular flexibility index (Phi) is 5.51. The molecule has 1 atom stereocenters. The van der Waals surface area contributed by atoms with Crippen LogP contribution in [0.4, 0.5) is 4.79 Å². The van der Waals surface area contributed by atoms with Crippen LogP contribution in [0.3, 0.4) is 0 Å². The summed E-state index contributed by atoms with van der Waals surface area (Å²) in [7, 11) is 0. The van der Waals surface area contributed by atoms with E-state index >= 15 is 0 Å². The Labute approximate surface area is 157 Å². The lowest BCUT2D eigenvalue weighted by atomic mass is 10.1. The molecule has 3 rings (SSSR count). The van der Waals surface area contributed by atoms with Crippen LogP contribution in [0.5, 0.6) is 0 Å². The molecule has 0 saturated carbocycles. The number of amides is 3. The molecule has 0 aliphatic carbocycles. The van der Waals surface area contributed by atoms with Gasteiger partial charge in [0.05, 0.1) is 11.7 Å². The van der Waals surface area contributed by atoms with Crippen molar-refractivity contribution in [2.75, 3.05) is 0 Å². The van der Waals surface area contributed by atoms with E-state index in [4.69, 9.17) is 5.73 Å². The molecule has 7 heteroatoms. The number of carbonyl (C=O) groups excluding carboxylic acids is 2. The lowest BCUT2D eigenvalue weighted by Crippen LogP contribution is -2.28. The Morgan fingerprint density at radius 3 is 2.41 bits per heavy atom. The third-order valence-electron chi connectivity index (χ3n) is 4.19. The molecule has 0 aliphatic rings. The van der Waals surface area contributed by atoms with Crippen molar-refractivity contribution in [3.63, 3.8) is 0 Å². The first kappa shape index (κ1) is 18.2. The molecular weight excluding hydrogens is 342 g/mol. The number of nitrogens with one attached hydrogen (secondary N) is 2. The third kappa shape index (κ3) is 4.72. The topological polar surface area (TPSA) is 102 Å². The van der Waals surface area contributed by atoms with Crippen molar-refractivity contribution < 1.29 is 9.59 Å². The molecule has 0 bridgehead atoms. The SMILES string of the molecule is CC(NC(=O)c1ccc(CNC(N)=O)cc1)c1ccc(-n2cccn2)cc1. The summed E-state index contributed by atoms with van der Waals surface area (Å²) in [4.78, 5) is 23.2. The van der Waals surface area contributed by atoms with Crippen molar-refractivity contribution in [1.29, 1.82) is 0 Å². The number of hydrogen-bond acceptors (Lipinski definition) is 3. The maximum Gasteiger partial charge on any atom is 0.312 e. The average molecular weight is 363 g/mol. The molecule has 0 spiro atoms. The fourth-order valence-electron chi connectivity index (χ4n) is 2.66. The van der Waals surface area contributed by atoms with Crippen LogP contribution in [-0.4, -0.2) is 21.7 Å². The first-order valence-corrected chi connectivity index (χ1v) is 8.56. The van der Waals surface area contributed by atoms with Gasteiger partial charge in [-0.2, -0.15) is 5.10 Å². The Morgan fingerprint density at radius 2 is 1.81 bits per heavy atom. The number of rotatable bonds is 6. The maximum absolute atomic E-state index is 12.4. The number of aromatic nitrogens is 2. The van der Waals surface area contributed by atoms with Gasteiger partial charge in [0, 0.05) is 24.5 Å². The fourth-order valence-corrected chi connectivity index (χ4v) is 2.66. The highest BCUT2D eigenvalue weighted by molar-refractivity contribution is 5.94. The van der Waals surface area contributed by atoms with Gasteiger partial charge in [-0.3, -0.25) is 4.79 Å². The molecule has 0 fully saturated rings. The highest BCUT2D eigenvalue weighted by Gasteiger charge is 2.12. The molecule has 27 heavy (non-hydrogen) atoms. The number of nitrogens with zero attached hydrogens (tertiary/aromatic N) is 2. The molecule has 0 saturated heterocycles. The van der Waals surface area contributed by atoms with E-state index in [0.29, 0.717) is 12.1 Å². The Hall–Kier alpha value is -3.61. The number of hydrogen-bond donors (Lipinski definition) is 3. The van der Waals surface area contributed by atoms with E-state index in [1.54, 1.807) is 35.1 Å². The van der Waals surface area contributed by atoms with E-state index in [-0.39, 0.29) is 11.9 Å². The normalized spacial score (nSPS) is 11.6. The Bertz CT molecular complexity index is 903. The number of nitrogens with two attached hydrogens (primary N) is 1. The summed E-state index contributed by atoms with van der Waals surface area (Å²) in [6.07, 6.45) is 3.61. The fraction of sp³-hybridized carbons (Fsp3) is 0.150. The Morgan fingerprint density at radius 1 is 1.11 bits per heavy atom. The molecule has 0 radical (unpaired) electrons. The lowest BCUT2D eigenvalue weighted by Gasteiger charge is -2.15. The van der Waals surface area contributed by atoms with Gasteiger partial charge in [0.1, 0.15) is 0 Å². The molecule has 1 unspecified atom stereocenters. The second kappa shape index (κ2) is 8.18. The van der Waals surface area contributed by atoms with Gasteiger partial charge in [-0.1, -0.05) is 24.3 Å². The quantitative estimate of drug-likeness (QED) is 0.627. The molecule has 2 aromatic carbocycles. The molecule has 3 aromatic rings. The minimum Gasteiger partial charge on any atom is -0.352 e. The highest BCUT2D eigenvalue weighted by atomic mass is 16.2. The molecular formula is C20H21N5O2.